The van der Waals surface area contributed by atoms with Crippen molar-refractivity contribution in [3.8, 4) is 0 Å². The van der Waals surface area contributed by atoms with Crippen LogP contribution in [0.15, 0.2) is 29.6 Å². The summed E-state index contributed by atoms with van der Waals surface area (Å²) in [4.78, 5) is 6.35. The molecule has 1 aromatic heterocycles. The minimum Gasteiger partial charge on any atom is -0.375 e. The summed E-state index contributed by atoms with van der Waals surface area (Å²) in [5.74, 6) is -0.153. The van der Waals surface area contributed by atoms with E-state index in [9.17, 15) is 4.39 Å². The Labute approximate surface area is 116 Å². The van der Waals surface area contributed by atoms with Crippen molar-refractivity contribution in [3.63, 3.8) is 0 Å². The van der Waals surface area contributed by atoms with Crippen LogP contribution in [0.25, 0.3) is 0 Å². The molecule has 0 spiro atoms. The highest BCUT2D eigenvalue weighted by Crippen LogP contribution is 2.22. The predicted molar refractivity (Wildman–Crippen MR) is 77.7 cm³/mol. The van der Waals surface area contributed by atoms with E-state index in [2.05, 4.69) is 9.88 Å². The van der Waals surface area contributed by atoms with Gasteiger partial charge in [-0.15, -0.1) is 11.3 Å². The lowest BCUT2D eigenvalue weighted by Gasteiger charge is -2.25. The molecule has 1 atom stereocenters. The second kappa shape index (κ2) is 6.12. The lowest BCUT2D eigenvalue weighted by molar-refractivity contribution is 0.259. The van der Waals surface area contributed by atoms with E-state index in [1.54, 1.807) is 6.07 Å². The number of benzene rings is 1. The molecule has 1 heterocycles. The first-order valence-electron chi connectivity index (χ1n) is 6.22. The summed E-state index contributed by atoms with van der Waals surface area (Å²) in [6.45, 7) is 2.83. The molecular formula is C14H18FN3S. The molecule has 2 N–H and O–H groups in total. The number of hydrogen-bond acceptors (Lipinski definition) is 4. The van der Waals surface area contributed by atoms with E-state index < -0.39 is 0 Å². The Morgan fingerprint density at radius 1 is 1.42 bits per heavy atom. The van der Waals surface area contributed by atoms with Gasteiger partial charge in [-0.1, -0.05) is 18.2 Å². The summed E-state index contributed by atoms with van der Waals surface area (Å²) in [6, 6.07) is 6.95. The number of nitrogens with zero attached hydrogens (tertiary/aromatic N) is 2. The summed E-state index contributed by atoms with van der Waals surface area (Å²) >= 11 is 1.45. The molecule has 1 unspecified atom stereocenters. The van der Waals surface area contributed by atoms with Crippen LogP contribution in [0.3, 0.4) is 0 Å². The SMILES string of the molecule is CC(c1ccccc1F)N(C)CCc1csc(N)n1. The maximum atomic E-state index is 13.7. The van der Waals surface area contributed by atoms with Crippen molar-refractivity contribution in [2.45, 2.75) is 19.4 Å². The smallest absolute Gasteiger partial charge is 0.180 e. The highest BCUT2D eigenvalue weighted by Gasteiger charge is 2.15. The lowest BCUT2D eigenvalue weighted by Crippen LogP contribution is -2.25. The Morgan fingerprint density at radius 2 is 2.16 bits per heavy atom. The maximum Gasteiger partial charge on any atom is 0.180 e. The number of anilines is 1. The Hall–Kier alpha value is -1.46. The number of nitrogens with two attached hydrogens (primary N) is 1. The fraction of sp³-hybridized carbons (Fsp3) is 0.357. The molecule has 0 aliphatic rings. The van der Waals surface area contributed by atoms with Crippen LogP contribution in [0, 0.1) is 5.82 Å². The molecule has 3 nitrogen and oxygen atoms in total. The van der Waals surface area contributed by atoms with E-state index >= 15 is 0 Å². The summed E-state index contributed by atoms with van der Waals surface area (Å²) in [5.41, 5.74) is 7.32. The number of likely N-dealkylation sites (N-methyl/N-ethyl adjacent to an activating group) is 1. The topological polar surface area (TPSA) is 42.1 Å². The molecule has 0 fully saturated rings. The highest BCUT2D eigenvalue weighted by molar-refractivity contribution is 7.13. The van der Waals surface area contributed by atoms with Crippen molar-refractivity contribution < 1.29 is 4.39 Å². The van der Waals surface area contributed by atoms with Crippen LogP contribution in [0.1, 0.15) is 24.2 Å². The van der Waals surface area contributed by atoms with E-state index in [4.69, 9.17) is 5.73 Å². The first-order valence-corrected chi connectivity index (χ1v) is 7.10. The highest BCUT2D eigenvalue weighted by atomic mass is 32.1. The average Bonchev–Trinajstić information content (AvgIpc) is 2.81. The zero-order chi connectivity index (χ0) is 13.8. The van der Waals surface area contributed by atoms with Crippen molar-refractivity contribution in [3.05, 3.63) is 46.7 Å². The summed E-state index contributed by atoms with van der Waals surface area (Å²) < 4.78 is 13.7. The number of hydrogen-bond donors (Lipinski definition) is 1. The van der Waals surface area contributed by atoms with E-state index in [-0.39, 0.29) is 11.9 Å². The van der Waals surface area contributed by atoms with Crippen LogP contribution in [0.5, 0.6) is 0 Å². The molecule has 0 bridgehead atoms. The van der Waals surface area contributed by atoms with Gasteiger partial charge in [-0.2, -0.15) is 0 Å². The van der Waals surface area contributed by atoms with Gasteiger partial charge in [0.2, 0.25) is 0 Å². The van der Waals surface area contributed by atoms with Gasteiger partial charge in [0.25, 0.3) is 0 Å². The van der Waals surface area contributed by atoms with Crippen LogP contribution >= 0.6 is 11.3 Å². The Morgan fingerprint density at radius 3 is 2.79 bits per heavy atom. The Kier molecular flexibility index (Phi) is 4.50. The second-order valence-corrected chi connectivity index (χ2v) is 5.49. The maximum absolute atomic E-state index is 13.7. The lowest BCUT2D eigenvalue weighted by atomic mass is 10.1. The van der Waals surface area contributed by atoms with Gasteiger partial charge in [-0.3, -0.25) is 4.90 Å². The zero-order valence-corrected chi connectivity index (χ0v) is 12.0. The second-order valence-electron chi connectivity index (χ2n) is 4.61. The third-order valence-corrected chi connectivity index (χ3v) is 4.03. The number of rotatable bonds is 5. The number of aromatic nitrogens is 1. The van der Waals surface area contributed by atoms with E-state index in [1.165, 1.54) is 17.4 Å². The molecule has 0 aliphatic carbocycles. The van der Waals surface area contributed by atoms with Crippen LogP contribution < -0.4 is 5.73 Å². The minimum atomic E-state index is -0.153. The standard InChI is InChI=1S/C14H18FN3S/c1-10(12-5-3-4-6-13(12)15)18(2)8-7-11-9-19-14(16)17-11/h3-6,9-10H,7-8H2,1-2H3,(H2,16,17). The Bertz CT molecular complexity index is 541. The van der Waals surface area contributed by atoms with E-state index in [0.29, 0.717) is 5.13 Å². The zero-order valence-electron chi connectivity index (χ0n) is 11.1. The van der Waals surface area contributed by atoms with Gasteiger partial charge < -0.3 is 5.73 Å². The Balaban J connectivity index is 1.96. The summed E-state index contributed by atoms with van der Waals surface area (Å²) in [7, 11) is 1.99. The fourth-order valence-corrected chi connectivity index (χ4v) is 2.57. The van der Waals surface area contributed by atoms with Crippen molar-refractivity contribution in [1.29, 1.82) is 0 Å². The number of thiazole rings is 1. The molecule has 0 amide bonds. The van der Waals surface area contributed by atoms with Crippen LogP contribution in [-0.2, 0) is 6.42 Å². The van der Waals surface area contributed by atoms with Crippen LogP contribution in [-0.4, -0.2) is 23.5 Å². The predicted octanol–water partition coefficient (Wildman–Crippen LogP) is 3.10. The molecule has 5 heteroatoms. The third-order valence-electron chi connectivity index (χ3n) is 3.31. The van der Waals surface area contributed by atoms with Gasteiger partial charge in [-0.25, -0.2) is 9.37 Å². The van der Waals surface area contributed by atoms with Gasteiger partial charge in [0.1, 0.15) is 5.82 Å². The number of halogens is 1. The largest absolute Gasteiger partial charge is 0.375 e. The monoisotopic (exact) mass is 279 g/mol. The quantitative estimate of drug-likeness (QED) is 0.914. The minimum absolute atomic E-state index is 0.0391. The number of nitrogen functional groups attached to an aromatic ring is 1. The molecule has 2 rings (SSSR count). The van der Waals surface area contributed by atoms with Gasteiger partial charge in [0.05, 0.1) is 5.69 Å². The summed E-state index contributed by atoms with van der Waals surface area (Å²) in [6.07, 6.45) is 0.822. The molecule has 0 saturated heterocycles. The molecular weight excluding hydrogens is 261 g/mol. The van der Waals surface area contributed by atoms with Crippen LogP contribution in [0.4, 0.5) is 9.52 Å². The molecule has 2 aromatic rings. The van der Waals surface area contributed by atoms with Gasteiger partial charge in [0.15, 0.2) is 5.13 Å². The normalized spacial score (nSPS) is 12.8. The molecule has 0 aliphatic heterocycles. The van der Waals surface area contributed by atoms with Crippen molar-refractivity contribution in [2.24, 2.45) is 0 Å². The third kappa shape index (κ3) is 3.52. The van der Waals surface area contributed by atoms with E-state index in [0.717, 1.165) is 24.2 Å². The van der Waals surface area contributed by atoms with Gasteiger partial charge in [0, 0.05) is 30.0 Å². The summed E-state index contributed by atoms with van der Waals surface area (Å²) in [5, 5.41) is 2.57. The molecule has 0 saturated carbocycles. The molecule has 19 heavy (non-hydrogen) atoms. The first-order chi connectivity index (χ1) is 9.08. The molecule has 0 radical (unpaired) electrons. The molecule has 1 aromatic carbocycles. The fourth-order valence-electron chi connectivity index (χ4n) is 1.97. The van der Waals surface area contributed by atoms with Crippen LogP contribution in [0.2, 0.25) is 0 Å². The first kappa shape index (κ1) is 14.0. The van der Waals surface area contributed by atoms with Gasteiger partial charge >= 0.3 is 0 Å². The van der Waals surface area contributed by atoms with E-state index in [1.807, 2.05) is 31.5 Å². The average molecular weight is 279 g/mol. The van der Waals surface area contributed by atoms with Crippen molar-refractivity contribution >= 4 is 16.5 Å². The van der Waals surface area contributed by atoms with Crippen molar-refractivity contribution in [1.82, 2.24) is 9.88 Å². The molecule has 102 valence electrons. The van der Waals surface area contributed by atoms with Crippen molar-refractivity contribution in [2.75, 3.05) is 19.3 Å². The van der Waals surface area contributed by atoms with Gasteiger partial charge in [-0.05, 0) is 20.0 Å².